The number of hydrogen-bond donors (Lipinski definition) is 0. The van der Waals surface area contributed by atoms with Gasteiger partial charge in [0.15, 0.2) is 6.29 Å². The third-order valence-electron chi connectivity index (χ3n) is 2.55. The molecule has 17 heavy (non-hydrogen) atoms. The molecule has 0 amide bonds. The number of carbonyl (C=O) groups excluding carboxylic acids is 1. The van der Waals surface area contributed by atoms with Crippen LogP contribution in [0.5, 0.6) is 0 Å². The lowest BCUT2D eigenvalue weighted by Crippen LogP contribution is -1.88. The second-order valence-electron chi connectivity index (χ2n) is 3.55. The molecule has 0 N–H and O–H groups in total. The van der Waals surface area contributed by atoms with E-state index in [1.54, 1.807) is 18.2 Å². The first-order valence-electron chi connectivity index (χ1n) is 5.14. The van der Waals surface area contributed by atoms with Crippen molar-refractivity contribution in [2.75, 3.05) is 6.26 Å². The molecule has 0 spiro atoms. The Balaban J connectivity index is 2.53. The highest BCUT2D eigenvalue weighted by Crippen LogP contribution is 2.27. The van der Waals surface area contributed by atoms with Crippen LogP contribution >= 0.6 is 11.8 Å². The van der Waals surface area contributed by atoms with E-state index in [0.29, 0.717) is 10.5 Å². The fraction of sp³-hybridized carbons (Fsp3) is 0.0714. The van der Waals surface area contributed by atoms with Gasteiger partial charge < -0.3 is 0 Å². The minimum absolute atomic E-state index is 0.254. The Morgan fingerprint density at radius 2 is 1.94 bits per heavy atom. The molecule has 0 unspecified atom stereocenters. The third-order valence-corrected chi connectivity index (χ3v) is 3.32. The summed E-state index contributed by atoms with van der Waals surface area (Å²) in [6.07, 6.45) is 2.62. The zero-order chi connectivity index (χ0) is 12.3. The minimum atomic E-state index is -0.254. The standard InChI is InChI=1S/C14H11FOS/c1-17-14-7-6-10(8-13(14)15)12-5-3-2-4-11(12)9-16/h2-9H,1H3. The van der Waals surface area contributed by atoms with Crippen LogP contribution in [-0.4, -0.2) is 12.5 Å². The predicted molar refractivity (Wildman–Crippen MR) is 69.0 cm³/mol. The monoisotopic (exact) mass is 246 g/mol. The highest BCUT2D eigenvalue weighted by Gasteiger charge is 2.07. The zero-order valence-electron chi connectivity index (χ0n) is 9.31. The van der Waals surface area contributed by atoms with Crippen LogP contribution in [0.2, 0.25) is 0 Å². The van der Waals surface area contributed by atoms with Crippen LogP contribution < -0.4 is 0 Å². The van der Waals surface area contributed by atoms with E-state index in [0.717, 1.165) is 17.4 Å². The first kappa shape index (κ1) is 11.9. The second-order valence-corrected chi connectivity index (χ2v) is 4.40. The molecule has 0 aliphatic heterocycles. The summed E-state index contributed by atoms with van der Waals surface area (Å²) >= 11 is 1.36. The molecule has 2 aromatic carbocycles. The van der Waals surface area contributed by atoms with Gasteiger partial charge in [0.05, 0.1) is 0 Å². The van der Waals surface area contributed by atoms with Crippen molar-refractivity contribution in [3.05, 3.63) is 53.8 Å². The van der Waals surface area contributed by atoms with Crippen LogP contribution in [0.15, 0.2) is 47.4 Å². The lowest BCUT2D eigenvalue weighted by atomic mass is 10.0. The van der Waals surface area contributed by atoms with Gasteiger partial charge >= 0.3 is 0 Å². The lowest BCUT2D eigenvalue weighted by Gasteiger charge is -2.06. The zero-order valence-corrected chi connectivity index (χ0v) is 10.1. The molecule has 0 aromatic heterocycles. The molecule has 0 atom stereocenters. The highest BCUT2D eigenvalue weighted by molar-refractivity contribution is 7.98. The first-order chi connectivity index (χ1) is 8.26. The second kappa shape index (κ2) is 5.15. The van der Waals surface area contributed by atoms with Crippen LogP contribution in [0.25, 0.3) is 11.1 Å². The molecular formula is C14H11FOS. The first-order valence-corrected chi connectivity index (χ1v) is 6.37. The van der Waals surface area contributed by atoms with E-state index in [1.165, 1.54) is 17.8 Å². The van der Waals surface area contributed by atoms with Crippen molar-refractivity contribution in [3.63, 3.8) is 0 Å². The summed E-state index contributed by atoms with van der Waals surface area (Å²) in [5, 5.41) is 0. The molecule has 2 rings (SSSR count). The van der Waals surface area contributed by atoms with E-state index in [-0.39, 0.29) is 5.82 Å². The smallest absolute Gasteiger partial charge is 0.150 e. The van der Waals surface area contributed by atoms with Crippen molar-refractivity contribution in [1.82, 2.24) is 0 Å². The maximum atomic E-state index is 13.7. The number of halogens is 1. The van der Waals surface area contributed by atoms with E-state index >= 15 is 0 Å². The molecule has 0 saturated carbocycles. The number of rotatable bonds is 3. The minimum Gasteiger partial charge on any atom is -0.298 e. The molecular weight excluding hydrogens is 235 g/mol. The van der Waals surface area contributed by atoms with E-state index in [9.17, 15) is 9.18 Å². The number of benzene rings is 2. The number of thioether (sulfide) groups is 1. The van der Waals surface area contributed by atoms with Crippen molar-refractivity contribution in [2.45, 2.75) is 4.90 Å². The quantitative estimate of drug-likeness (QED) is 0.601. The molecule has 0 fully saturated rings. The third kappa shape index (κ3) is 2.39. The predicted octanol–water partition coefficient (Wildman–Crippen LogP) is 4.03. The molecule has 0 heterocycles. The summed E-state index contributed by atoms with van der Waals surface area (Å²) in [5.74, 6) is -0.254. The van der Waals surface area contributed by atoms with Gasteiger partial charge in [0, 0.05) is 10.5 Å². The maximum Gasteiger partial charge on any atom is 0.150 e. The van der Waals surface area contributed by atoms with Crippen LogP contribution in [0.1, 0.15) is 10.4 Å². The van der Waals surface area contributed by atoms with E-state index in [1.807, 2.05) is 24.5 Å². The normalized spacial score (nSPS) is 10.2. The Hall–Kier alpha value is -1.61. The van der Waals surface area contributed by atoms with Gasteiger partial charge in [-0.3, -0.25) is 4.79 Å². The Labute approximate surface area is 104 Å². The van der Waals surface area contributed by atoms with E-state index in [2.05, 4.69) is 0 Å². The fourth-order valence-electron chi connectivity index (χ4n) is 1.70. The van der Waals surface area contributed by atoms with Crippen LogP contribution in [0.3, 0.4) is 0 Å². The van der Waals surface area contributed by atoms with Crippen molar-refractivity contribution in [3.8, 4) is 11.1 Å². The summed E-state index contributed by atoms with van der Waals surface area (Å²) in [4.78, 5) is 11.5. The van der Waals surface area contributed by atoms with Crippen molar-refractivity contribution >= 4 is 18.0 Å². The van der Waals surface area contributed by atoms with Gasteiger partial charge in [0.25, 0.3) is 0 Å². The summed E-state index contributed by atoms with van der Waals surface area (Å²) < 4.78 is 13.7. The Kier molecular flexibility index (Phi) is 3.59. The van der Waals surface area contributed by atoms with Gasteiger partial charge in [-0.25, -0.2) is 4.39 Å². The SMILES string of the molecule is CSc1ccc(-c2ccccc2C=O)cc1F. The Bertz CT molecular complexity index is 552. The average molecular weight is 246 g/mol. The number of carbonyl (C=O) groups is 1. The largest absolute Gasteiger partial charge is 0.298 e. The number of aldehydes is 1. The van der Waals surface area contributed by atoms with E-state index < -0.39 is 0 Å². The molecule has 0 bridgehead atoms. The van der Waals surface area contributed by atoms with Gasteiger partial charge in [-0.05, 0) is 29.5 Å². The molecule has 3 heteroatoms. The molecule has 2 aromatic rings. The van der Waals surface area contributed by atoms with Gasteiger partial charge in [-0.1, -0.05) is 30.3 Å². The molecule has 86 valence electrons. The molecule has 0 radical (unpaired) electrons. The molecule has 0 aliphatic rings. The van der Waals surface area contributed by atoms with Crippen molar-refractivity contribution in [2.24, 2.45) is 0 Å². The Morgan fingerprint density at radius 1 is 1.18 bits per heavy atom. The lowest BCUT2D eigenvalue weighted by molar-refractivity contribution is 0.112. The Morgan fingerprint density at radius 3 is 2.59 bits per heavy atom. The van der Waals surface area contributed by atoms with Gasteiger partial charge in [-0.2, -0.15) is 0 Å². The van der Waals surface area contributed by atoms with Crippen LogP contribution in [0, 0.1) is 5.82 Å². The molecule has 1 nitrogen and oxygen atoms in total. The summed E-state index contributed by atoms with van der Waals surface area (Å²) in [7, 11) is 0. The van der Waals surface area contributed by atoms with Crippen LogP contribution in [-0.2, 0) is 0 Å². The number of hydrogen-bond acceptors (Lipinski definition) is 2. The topological polar surface area (TPSA) is 17.1 Å². The van der Waals surface area contributed by atoms with Crippen molar-refractivity contribution < 1.29 is 9.18 Å². The summed E-state index contributed by atoms with van der Waals surface area (Å²) in [5.41, 5.74) is 2.06. The average Bonchev–Trinajstić information content (AvgIpc) is 2.38. The fourth-order valence-corrected chi connectivity index (χ4v) is 2.15. The van der Waals surface area contributed by atoms with Gasteiger partial charge in [-0.15, -0.1) is 11.8 Å². The molecule has 0 aliphatic carbocycles. The maximum absolute atomic E-state index is 13.7. The molecule has 0 saturated heterocycles. The van der Waals surface area contributed by atoms with Gasteiger partial charge in [0.1, 0.15) is 5.82 Å². The summed E-state index contributed by atoms with van der Waals surface area (Å²) in [6, 6.07) is 12.2. The summed E-state index contributed by atoms with van der Waals surface area (Å²) in [6.45, 7) is 0. The van der Waals surface area contributed by atoms with Crippen molar-refractivity contribution in [1.29, 1.82) is 0 Å². The van der Waals surface area contributed by atoms with E-state index in [4.69, 9.17) is 0 Å². The van der Waals surface area contributed by atoms with Crippen LogP contribution in [0.4, 0.5) is 4.39 Å². The van der Waals surface area contributed by atoms with Gasteiger partial charge in [0.2, 0.25) is 0 Å². The highest BCUT2D eigenvalue weighted by atomic mass is 32.2.